The minimum absolute atomic E-state index is 0.0249. The van der Waals surface area contributed by atoms with Gasteiger partial charge in [-0.25, -0.2) is 8.42 Å². The molecule has 0 aromatic carbocycles. The van der Waals surface area contributed by atoms with Gasteiger partial charge in [0.25, 0.3) is 0 Å². The van der Waals surface area contributed by atoms with Crippen LogP contribution in [0.4, 0.5) is 0 Å². The number of hydrogen-bond donors (Lipinski definition) is 1. The maximum Gasteiger partial charge on any atom is 0.306 e. The fourth-order valence-electron chi connectivity index (χ4n) is 2.72. The highest BCUT2D eigenvalue weighted by atomic mass is 32.2. The average Bonchev–Trinajstić information content (AvgIpc) is 2.44. The minimum Gasteiger partial charge on any atom is -0.466 e. The molecule has 0 heterocycles. The largest absolute Gasteiger partial charge is 0.466 e. The summed E-state index contributed by atoms with van der Waals surface area (Å²) in [7, 11) is -3.42. The molecule has 0 atom stereocenters. The van der Waals surface area contributed by atoms with E-state index in [1.54, 1.807) is 11.2 Å². The van der Waals surface area contributed by atoms with Gasteiger partial charge in [0, 0.05) is 18.6 Å². The maximum atomic E-state index is 12.5. The van der Waals surface area contributed by atoms with E-state index in [1.807, 2.05) is 6.92 Å². The first-order valence-electron chi connectivity index (χ1n) is 7.81. The summed E-state index contributed by atoms with van der Waals surface area (Å²) < 4.78 is 31.4. The van der Waals surface area contributed by atoms with Crippen LogP contribution in [0.1, 0.15) is 52.4 Å². The van der Waals surface area contributed by atoms with Crippen LogP contribution in [0.15, 0.2) is 0 Å². The summed E-state index contributed by atoms with van der Waals surface area (Å²) in [5.74, 6) is -0.628. The smallest absolute Gasteiger partial charge is 0.306 e. The Kier molecular flexibility index (Phi) is 7.62. The number of nitrogens with two attached hydrogens (primary N) is 1. The molecule has 1 saturated carbocycles. The molecule has 124 valence electrons. The Morgan fingerprint density at radius 1 is 1.24 bits per heavy atom. The van der Waals surface area contributed by atoms with Gasteiger partial charge in [-0.1, -0.05) is 6.92 Å². The summed E-state index contributed by atoms with van der Waals surface area (Å²) in [4.78, 5) is 11.4. The standard InChI is InChI=1S/C14H28N2O4S/c1-3-10-16(13-7-5-12(15)6-8-13)21(18,19)11-9-14(17)20-4-2/h12-13H,3-11,15H2,1-2H3. The van der Waals surface area contributed by atoms with Crippen molar-refractivity contribution in [2.45, 2.75) is 64.5 Å². The van der Waals surface area contributed by atoms with E-state index in [0.29, 0.717) is 6.54 Å². The quantitative estimate of drug-likeness (QED) is 0.680. The molecule has 0 radical (unpaired) electrons. The summed E-state index contributed by atoms with van der Waals surface area (Å²) in [6, 6.07) is 0.212. The van der Waals surface area contributed by atoms with Gasteiger partial charge in [0.15, 0.2) is 0 Å². The lowest BCUT2D eigenvalue weighted by atomic mass is 9.92. The molecule has 1 aliphatic rings. The van der Waals surface area contributed by atoms with Crippen molar-refractivity contribution in [3.05, 3.63) is 0 Å². The van der Waals surface area contributed by atoms with Gasteiger partial charge in [-0.05, 0) is 39.0 Å². The Hall–Kier alpha value is -0.660. The number of ether oxygens (including phenoxy) is 1. The van der Waals surface area contributed by atoms with E-state index in [1.165, 1.54) is 0 Å². The predicted octanol–water partition coefficient (Wildman–Crippen LogP) is 1.25. The first-order chi connectivity index (χ1) is 9.90. The van der Waals surface area contributed by atoms with Crippen LogP contribution in [0.2, 0.25) is 0 Å². The summed E-state index contributed by atoms with van der Waals surface area (Å²) >= 11 is 0. The number of hydrogen-bond acceptors (Lipinski definition) is 5. The van der Waals surface area contributed by atoms with Crippen molar-refractivity contribution in [3.63, 3.8) is 0 Å². The Labute approximate surface area is 128 Å². The molecule has 7 heteroatoms. The third kappa shape index (κ3) is 5.92. The molecule has 0 aliphatic heterocycles. The van der Waals surface area contributed by atoms with Crippen LogP contribution in [-0.4, -0.2) is 49.7 Å². The lowest BCUT2D eigenvalue weighted by Gasteiger charge is -2.35. The van der Waals surface area contributed by atoms with Crippen LogP contribution in [0.5, 0.6) is 0 Å². The molecule has 0 aromatic rings. The average molecular weight is 320 g/mol. The second-order valence-corrected chi connectivity index (χ2v) is 7.59. The van der Waals surface area contributed by atoms with E-state index in [0.717, 1.165) is 32.1 Å². The van der Waals surface area contributed by atoms with Crippen molar-refractivity contribution in [2.75, 3.05) is 18.9 Å². The van der Waals surface area contributed by atoms with Crippen molar-refractivity contribution in [2.24, 2.45) is 5.73 Å². The second-order valence-electron chi connectivity index (χ2n) is 5.55. The number of carbonyl (C=O) groups excluding carboxylic acids is 1. The normalized spacial score (nSPS) is 23.2. The Balaban J connectivity index is 2.66. The molecule has 0 aromatic heterocycles. The molecule has 0 spiro atoms. The zero-order chi connectivity index (χ0) is 15.9. The van der Waals surface area contributed by atoms with Gasteiger partial charge in [0.05, 0.1) is 18.8 Å². The molecule has 0 amide bonds. The summed E-state index contributed by atoms with van der Waals surface area (Å²) in [5.41, 5.74) is 5.88. The SMILES string of the molecule is CCCN(C1CCC(N)CC1)S(=O)(=O)CCC(=O)OCC. The molecular formula is C14H28N2O4S. The molecule has 6 nitrogen and oxygen atoms in total. The van der Waals surface area contributed by atoms with Gasteiger partial charge in [0.2, 0.25) is 10.0 Å². The molecule has 0 saturated heterocycles. The van der Waals surface area contributed by atoms with Gasteiger partial charge in [-0.15, -0.1) is 0 Å². The van der Waals surface area contributed by atoms with Crippen molar-refractivity contribution in [1.29, 1.82) is 0 Å². The van der Waals surface area contributed by atoms with Crippen molar-refractivity contribution >= 4 is 16.0 Å². The molecule has 1 rings (SSSR count). The monoisotopic (exact) mass is 320 g/mol. The summed E-state index contributed by atoms with van der Waals surface area (Å²) in [6.45, 7) is 4.45. The zero-order valence-corrected chi connectivity index (χ0v) is 13.9. The van der Waals surface area contributed by atoms with E-state index in [-0.39, 0.29) is 30.9 Å². The highest BCUT2D eigenvalue weighted by molar-refractivity contribution is 7.89. The van der Waals surface area contributed by atoms with Gasteiger partial charge in [-0.2, -0.15) is 4.31 Å². The van der Waals surface area contributed by atoms with E-state index in [2.05, 4.69) is 0 Å². The number of esters is 1. The highest BCUT2D eigenvalue weighted by Gasteiger charge is 2.32. The maximum absolute atomic E-state index is 12.5. The zero-order valence-electron chi connectivity index (χ0n) is 13.1. The van der Waals surface area contributed by atoms with E-state index < -0.39 is 16.0 Å². The van der Waals surface area contributed by atoms with E-state index in [4.69, 9.17) is 10.5 Å². The lowest BCUT2D eigenvalue weighted by Crippen LogP contribution is -2.45. The molecule has 0 unspecified atom stereocenters. The van der Waals surface area contributed by atoms with Crippen LogP contribution in [0, 0.1) is 0 Å². The summed E-state index contributed by atoms with van der Waals surface area (Å²) in [6.07, 6.45) is 4.01. The van der Waals surface area contributed by atoms with E-state index >= 15 is 0 Å². The van der Waals surface area contributed by atoms with Crippen LogP contribution in [-0.2, 0) is 19.6 Å². The Morgan fingerprint density at radius 3 is 2.38 bits per heavy atom. The molecule has 1 aliphatic carbocycles. The van der Waals surface area contributed by atoms with Gasteiger partial charge in [-0.3, -0.25) is 4.79 Å². The van der Waals surface area contributed by atoms with Crippen molar-refractivity contribution in [1.82, 2.24) is 4.31 Å². The molecular weight excluding hydrogens is 292 g/mol. The van der Waals surface area contributed by atoms with Gasteiger partial charge in [0.1, 0.15) is 0 Å². The van der Waals surface area contributed by atoms with Crippen LogP contribution >= 0.6 is 0 Å². The Bertz CT molecular complexity index is 417. The van der Waals surface area contributed by atoms with Crippen LogP contribution in [0.3, 0.4) is 0 Å². The third-order valence-electron chi connectivity index (χ3n) is 3.82. The first-order valence-corrected chi connectivity index (χ1v) is 9.42. The number of rotatable bonds is 8. The van der Waals surface area contributed by atoms with Gasteiger partial charge < -0.3 is 10.5 Å². The molecule has 21 heavy (non-hydrogen) atoms. The molecule has 1 fully saturated rings. The topological polar surface area (TPSA) is 89.7 Å². The fraction of sp³-hybridized carbons (Fsp3) is 0.929. The lowest BCUT2D eigenvalue weighted by molar-refractivity contribution is -0.142. The van der Waals surface area contributed by atoms with E-state index in [9.17, 15) is 13.2 Å². The predicted molar refractivity (Wildman–Crippen MR) is 82.3 cm³/mol. The Morgan fingerprint density at radius 2 is 1.86 bits per heavy atom. The fourth-order valence-corrected chi connectivity index (χ4v) is 4.51. The number of carbonyl (C=O) groups is 1. The van der Waals surface area contributed by atoms with Crippen LogP contribution < -0.4 is 5.73 Å². The minimum atomic E-state index is -3.42. The molecule has 2 N–H and O–H groups in total. The summed E-state index contributed by atoms with van der Waals surface area (Å²) in [5, 5.41) is 0. The van der Waals surface area contributed by atoms with Gasteiger partial charge >= 0.3 is 5.97 Å². The highest BCUT2D eigenvalue weighted by Crippen LogP contribution is 2.25. The van der Waals surface area contributed by atoms with Crippen LogP contribution in [0.25, 0.3) is 0 Å². The molecule has 0 bridgehead atoms. The van der Waals surface area contributed by atoms with Crippen molar-refractivity contribution < 1.29 is 17.9 Å². The first kappa shape index (κ1) is 18.4. The number of sulfonamides is 1. The number of nitrogens with zero attached hydrogens (tertiary/aromatic N) is 1. The third-order valence-corrected chi connectivity index (χ3v) is 5.73. The van der Waals surface area contributed by atoms with Crippen molar-refractivity contribution in [3.8, 4) is 0 Å². The second kappa shape index (κ2) is 8.70.